The molecule has 0 spiro atoms. The minimum atomic E-state index is 0.143. The van der Waals surface area contributed by atoms with E-state index in [1.165, 1.54) is 22.6 Å². The number of Topliss-reactive ketones (excluding diaryl/α,β-unsaturated/α-hetero) is 1. The monoisotopic (exact) mass is 270 g/mol. The first-order chi connectivity index (χ1) is 6.68. The van der Waals surface area contributed by atoms with Crippen LogP contribution in [0.5, 0.6) is 0 Å². The van der Waals surface area contributed by atoms with Crippen LogP contribution in [-0.2, 0) is 6.42 Å². The molecule has 1 aromatic carbocycles. The Labute approximate surface area is 96.4 Å². The lowest BCUT2D eigenvalue weighted by Gasteiger charge is -2.17. The largest absolute Gasteiger partial charge is 0.295 e. The van der Waals surface area contributed by atoms with E-state index in [0.29, 0.717) is 0 Å². The number of hydrogen-bond acceptors (Lipinski definition) is 2. The van der Waals surface area contributed by atoms with Gasteiger partial charge in [-0.15, -0.1) is 11.8 Å². The van der Waals surface area contributed by atoms with E-state index in [4.69, 9.17) is 0 Å². The fraction of sp³-hybridized carbons (Fsp3) is 0.364. The van der Waals surface area contributed by atoms with Crippen LogP contribution in [0.4, 0.5) is 0 Å². The molecule has 74 valence electrons. The number of fused-ring (bicyclic) bond motifs is 1. The van der Waals surface area contributed by atoms with Crippen molar-refractivity contribution in [2.24, 2.45) is 0 Å². The second-order valence-electron chi connectivity index (χ2n) is 3.45. The number of halogens is 1. The van der Waals surface area contributed by atoms with Gasteiger partial charge in [-0.25, -0.2) is 0 Å². The van der Waals surface area contributed by atoms with Gasteiger partial charge in [-0.05, 0) is 59.1 Å². The summed E-state index contributed by atoms with van der Waals surface area (Å²) in [4.78, 5) is 12.6. The Morgan fingerprint density at radius 3 is 3.00 bits per heavy atom. The summed E-state index contributed by atoms with van der Waals surface area (Å²) < 4.78 is 1.07. The maximum atomic E-state index is 11.3. The molecule has 0 amide bonds. The van der Waals surface area contributed by atoms with Crippen LogP contribution in [0.3, 0.4) is 0 Å². The summed E-state index contributed by atoms with van der Waals surface area (Å²) in [6.07, 6.45) is 2.31. The van der Waals surface area contributed by atoms with E-state index in [1.807, 2.05) is 23.9 Å². The van der Waals surface area contributed by atoms with Crippen molar-refractivity contribution in [1.29, 1.82) is 0 Å². The molecule has 0 atom stereocenters. The summed E-state index contributed by atoms with van der Waals surface area (Å²) >= 11 is 5.41. The van der Waals surface area contributed by atoms with E-state index < -0.39 is 0 Å². The third kappa shape index (κ3) is 1.89. The molecule has 0 saturated heterocycles. The van der Waals surface area contributed by atoms with E-state index in [-0.39, 0.29) is 5.78 Å². The number of benzene rings is 1. The smallest absolute Gasteiger partial charge is 0.159 e. The molecule has 0 unspecified atom stereocenters. The molecule has 1 aromatic rings. The van der Waals surface area contributed by atoms with Crippen molar-refractivity contribution in [1.82, 2.24) is 0 Å². The Bertz CT molecular complexity index is 387. The van der Waals surface area contributed by atoms with Gasteiger partial charge in [0.05, 0.1) is 0 Å². The minimum Gasteiger partial charge on any atom is -0.295 e. The van der Waals surface area contributed by atoms with Gasteiger partial charge >= 0.3 is 0 Å². The molecular weight excluding hydrogens is 260 g/mol. The van der Waals surface area contributed by atoms with E-state index in [0.717, 1.165) is 16.5 Å². The quantitative estimate of drug-likeness (QED) is 0.724. The van der Waals surface area contributed by atoms with Gasteiger partial charge < -0.3 is 0 Å². The zero-order chi connectivity index (χ0) is 10.1. The molecule has 0 bridgehead atoms. The molecule has 1 nitrogen and oxygen atoms in total. The van der Waals surface area contributed by atoms with Gasteiger partial charge in [0, 0.05) is 14.9 Å². The number of rotatable bonds is 1. The van der Waals surface area contributed by atoms with Gasteiger partial charge in [-0.3, -0.25) is 4.79 Å². The molecule has 1 aliphatic rings. The normalized spacial score (nSPS) is 15.0. The highest BCUT2D eigenvalue weighted by Crippen LogP contribution is 2.36. The molecule has 2 rings (SSSR count). The van der Waals surface area contributed by atoms with Crippen LogP contribution in [0, 0.1) is 0 Å². The van der Waals surface area contributed by atoms with Gasteiger partial charge in [0.1, 0.15) is 0 Å². The summed E-state index contributed by atoms with van der Waals surface area (Å²) in [5.41, 5.74) is 2.14. The van der Waals surface area contributed by atoms with Crippen molar-refractivity contribution < 1.29 is 4.79 Å². The van der Waals surface area contributed by atoms with Crippen LogP contribution < -0.4 is 0 Å². The molecule has 14 heavy (non-hydrogen) atoms. The summed E-state index contributed by atoms with van der Waals surface area (Å²) in [5, 5.41) is 0. The van der Waals surface area contributed by atoms with E-state index in [2.05, 4.69) is 15.9 Å². The summed E-state index contributed by atoms with van der Waals surface area (Å²) in [7, 11) is 0. The van der Waals surface area contributed by atoms with E-state index >= 15 is 0 Å². The zero-order valence-electron chi connectivity index (χ0n) is 7.97. The predicted molar refractivity (Wildman–Crippen MR) is 63.2 cm³/mol. The fourth-order valence-electron chi connectivity index (χ4n) is 1.64. The molecule has 0 saturated carbocycles. The number of ketones is 1. The first-order valence-electron chi connectivity index (χ1n) is 4.64. The van der Waals surface area contributed by atoms with Crippen molar-refractivity contribution in [3.05, 3.63) is 27.7 Å². The highest BCUT2D eigenvalue weighted by atomic mass is 79.9. The Kier molecular flexibility index (Phi) is 2.98. The fourth-order valence-corrected chi connectivity index (χ4v) is 3.52. The second-order valence-corrected chi connectivity index (χ2v) is 5.41. The molecule has 0 radical (unpaired) electrons. The minimum absolute atomic E-state index is 0.143. The van der Waals surface area contributed by atoms with Crippen molar-refractivity contribution in [2.45, 2.75) is 24.7 Å². The summed E-state index contributed by atoms with van der Waals surface area (Å²) in [5.74, 6) is 1.33. The molecule has 0 aromatic heterocycles. The average molecular weight is 271 g/mol. The lowest BCUT2D eigenvalue weighted by Crippen LogP contribution is -2.02. The molecule has 1 aliphatic heterocycles. The standard InChI is InChI=1S/C11H11BrOS/c1-7(13)9-5-8-3-2-4-14-11(8)10(12)6-9/h5-6H,2-4H2,1H3. The van der Waals surface area contributed by atoms with Crippen LogP contribution in [0.15, 0.2) is 21.5 Å². The van der Waals surface area contributed by atoms with Crippen molar-refractivity contribution >= 4 is 33.5 Å². The lowest BCUT2D eigenvalue weighted by molar-refractivity contribution is 0.101. The van der Waals surface area contributed by atoms with E-state index in [1.54, 1.807) is 6.92 Å². The first kappa shape index (κ1) is 10.2. The second kappa shape index (κ2) is 4.07. The van der Waals surface area contributed by atoms with E-state index in [9.17, 15) is 4.79 Å². The van der Waals surface area contributed by atoms with Gasteiger partial charge in [-0.2, -0.15) is 0 Å². The van der Waals surface area contributed by atoms with Crippen LogP contribution in [0.2, 0.25) is 0 Å². The highest BCUT2D eigenvalue weighted by molar-refractivity contribution is 9.10. The molecule has 0 fully saturated rings. The van der Waals surface area contributed by atoms with Gasteiger partial charge in [0.25, 0.3) is 0 Å². The van der Waals surface area contributed by atoms with Crippen LogP contribution in [0.25, 0.3) is 0 Å². The molecule has 3 heteroatoms. The summed E-state index contributed by atoms with van der Waals surface area (Å²) in [6.45, 7) is 1.62. The number of aryl methyl sites for hydroxylation is 1. The number of thioether (sulfide) groups is 1. The van der Waals surface area contributed by atoms with Gasteiger partial charge in [0.2, 0.25) is 0 Å². The molecule has 1 heterocycles. The van der Waals surface area contributed by atoms with Crippen LogP contribution >= 0.6 is 27.7 Å². The Morgan fingerprint density at radius 1 is 1.50 bits per heavy atom. The number of carbonyl (C=O) groups is 1. The highest BCUT2D eigenvalue weighted by Gasteiger charge is 2.15. The Morgan fingerprint density at radius 2 is 2.29 bits per heavy atom. The topological polar surface area (TPSA) is 17.1 Å². The SMILES string of the molecule is CC(=O)c1cc(Br)c2c(c1)CCCS2. The zero-order valence-corrected chi connectivity index (χ0v) is 10.4. The van der Waals surface area contributed by atoms with Crippen molar-refractivity contribution in [2.75, 3.05) is 5.75 Å². The average Bonchev–Trinajstić information content (AvgIpc) is 2.17. The van der Waals surface area contributed by atoms with Crippen LogP contribution in [-0.4, -0.2) is 11.5 Å². The third-order valence-corrected chi connectivity index (χ3v) is 4.52. The summed E-state index contributed by atoms with van der Waals surface area (Å²) in [6, 6.07) is 3.97. The number of carbonyl (C=O) groups excluding carboxylic acids is 1. The lowest BCUT2D eigenvalue weighted by atomic mass is 10.0. The van der Waals surface area contributed by atoms with Crippen molar-refractivity contribution in [3.8, 4) is 0 Å². The van der Waals surface area contributed by atoms with Crippen LogP contribution in [0.1, 0.15) is 29.3 Å². The maximum absolute atomic E-state index is 11.3. The maximum Gasteiger partial charge on any atom is 0.159 e. The Hall–Kier alpha value is -0.280. The third-order valence-electron chi connectivity index (χ3n) is 2.36. The first-order valence-corrected chi connectivity index (χ1v) is 6.42. The van der Waals surface area contributed by atoms with Gasteiger partial charge in [0.15, 0.2) is 5.78 Å². The van der Waals surface area contributed by atoms with Crippen molar-refractivity contribution in [3.63, 3.8) is 0 Å². The predicted octanol–water partition coefficient (Wildman–Crippen LogP) is 3.69. The van der Waals surface area contributed by atoms with Gasteiger partial charge in [-0.1, -0.05) is 0 Å². The molecule has 0 N–H and O–H groups in total. The molecule has 0 aliphatic carbocycles. The number of hydrogen-bond donors (Lipinski definition) is 0. The molecular formula is C11H11BrOS. The Balaban J connectivity index is 2.51.